The molecule has 25 heavy (non-hydrogen) atoms. The zero-order valence-corrected chi connectivity index (χ0v) is 14.9. The van der Waals surface area contributed by atoms with Gasteiger partial charge in [0.25, 0.3) is 5.56 Å². The van der Waals surface area contributed by atoms with Crippen molar-refractivity contribution in [2.24, 2.45) is 7.05 Å². The third-order valence-electron chi connectivity index (χ3n) is 3.91. The molecular formula is C16H18N4O4S. The van der Waals surface area contributed by atoms with Crippen LogP contribution in [0.1, 0.15) is 11.4 Å². The molecule has 132 valence electrons. The van der Waals surface area contributed by atoms with Crippen molar-refractivity contribution in [3.8, 4) is 5.75 Å². The van der Waals surface area contributed by atoms with Crippen LogP contribution in [-0.4, -0.2) is 29.7 Å². The topological polar surface area (TPSA) is 94.7 Å². The number of hydrogen-bond donors (Lipinski definition) is 1. The summed E-state index contributed by atoms with van der Waals surface area (Å²) in [5.74, 6) is 1.12. The lowest BCUT2D eigenvalue weighted by Crippen LogP contribution is -2.23. The van der Waals surface area contributed by atoms with Gasteiger partial charge in [-0.15, -0.1) is 0 Å². The fraction of sp³-hybridized carbons (Fsp3) is 0.250. The molecule has 1 N–H and O–H groups in total. The lowest BCUT2D eigenvalue weighted by atomic mass is 10.2. The number of nitrogens with one attached hydrogen (secondary N) is 1. The molecule has 0 aliphatic heterocycles. The molecule has 0 radical (unpaired) electrons. The van der Waals surface area contributed by atoms with Crippen LogP contribution in [0.25, 0.3) is 5.52 Å². The van der Waals surface area contributed by atoms with Crippen LogP contribution in [0.5, 0.6) is 5.75 Å². The van der Waals surface area contributed by atoms with Gasteiger partial charge < -0.3 is 4.74 Å². The molecule has 0 unspecified atom stereocenters. The Morgan fingerprint density at radius 3 is 2.72 bits per heavy atom. The number of nitrogens with zero attached hydrogens (tertiary/aromatic N) is 3. The predicted molar refractivity (Wildman–Crippen MR) is 92.2 cm³/mol. The Morgan fingerprint density at radius 2 is 2.00 bits per heavy atom. The molecule has 0 aliphatic rings. The van der Waals surface area contributed by atoms with Crippen molar-refractivity contribution in [1.29, 1.82) is 0 Å². The summed E-state index contributed by atoms with van der Waals surface area (Å²) in [6, 6.07) is 8.50. The molecule has 0 aliphatic carbocycles. The van der Waals surface area contributed by atoms with Crippen LogP contribution in [0.3, 0.4) is 0 Å². The van der Waals surface area contributed by atoms with Crippen LogP contribution >= 0.6 is 0 Å². The van der Waals surface area contributed by atoms with Crippen LogP contribution in [0.2, 0.25) is 0 Å². The lowest BCUT2D eigenvalue weighted by Gasteiger charge is -2.09. The van der Waals surface area contributed by atoms with E-state index < -0.39 is 10.0 Å². The molecule has 0 spiro atoms. The number of hydrogen-bond acceptors (Lipinski definition) is 5. The summed E-state index contributed by atoms with van der Waals surface area (Å²) in [6.07, 6.45) is 1.39. The van der Waals surface area contributed by atoms with E-state index in [1.54, 1.807) is 25.1 Å². The molecule has 1 aromatic carbocycles. The first-order valence-corrected chi connectivity index (χ1v) is 8.99. The largest absolute Gasteiger partial charge is 0.496 e. The Kier molecular flexibility index (Phi) is 4.36. The molecule has 2 aromatic heterocycles. The van der Waals surface area contributed by atoms with Gasteiger partial charge >= 0.3 is 0 Å². The van der Waals surface area contributed by atoms with Gasteiger partial charge in [-0.1, -0.05) is 18.2 Å². The first kappa shape index (κ1) is 17.2. The Balaban J connectivity index is 1.95. The summed E-state index contributed by atoms with van der Waals surface area (Å²) in [4.78, 5) is 12.1. The quantitative estimate of drug-likeness (QED) is 0.725. The smallest absolute Gasteiger partial charge is 0.290 e. The number of para-hydroxylation sites is 1. The number of benzene rings is 1. The molecular weight excluding hydrogens is 344 g/mol. The Hall–Kier alpha value is -2.65. The number of methoxy groups -OCH3 is 1. The van der Waals surface area contributed by atoms with Gasteiger partial charge in [0.1, 0.15) is 22.0 Å². The second-order valence-corrected chi connectivity index (χ2v) is 7.31. The summed E-state index contributed by atoms with van der Waals surface area (Å²) in [7, 11) is -0.743. The van der Waals surface area contributed by atoms with Crippen molar-refractivity contribution >= 4 is 15.5 Å². The monoisotopic (exact) mass is 362 g/mol. The molecule has 0 bridgehead atoms. The molecule has 3 rings (SSSR count). The Labute approximate surface area is 144 Å². The van der Waals surface area contributed by atoms with E-state index in [0.717, 1.165) is 0 Å². The van der Waals surface area contributed by atoms with E-state index in [9.17, 15) is 13.2 Å². The van der Waals surface area contributed by atoms with E-state index in [-0.39, 0.29) is 22.5 Å². The SMILES string of the molecule is COc1ccccc1CNS(=O)(=O)c1cc2c(=O)n(C)nc(C)n2c1. The first-order valence-electron chi connectivity index (χ1n) is 7.51. The summed E-state index contributed by atoms with van der Waals surface area (Å²) in [5, 5.41) is 4.05. The van der Waals surface area contributed by atoms with E-state index in [2.05, 4.69) is 9.82 Å². The zero-order chi connectivity index (χ0) is 18.2. The summed E-state index contributed by atoms with van der Waals surface area (Å²) < 4.78 is 35.6. The molecule has 0 saturated heterocycles. The number of ether oxygens (including phenoxy) is 1. The summed E-state index contributed by atoms with van der Waals surface area (Å²) in [6.45, 7) is 1.78. The van der Waals surface area contributed by atoms with E-state index >= 15 is 0 Å². The van der Waals surface area contributed by atoms with Crippen LogP contribution < -0.4 is 15.0 Å². The van der Waals surface area contributed by atoms with E-state index in [1.165, 1.54) is 35.5 Å². The van der Waals surface area contributed by atoms with Gasteiger partial charge in [-0.25, -0.2) is 17.8 Å². The van der Waals surface area contributed by atoms with Crippen LogP contribution in [-0.2, 0) is 23.6 Å². The number of rotatable bonds is 5. The van der Waals surface area contributed by atoms with Crippen molar-refractivity contribution in [1.82, 2.24) is 18.9 Å². The highest BCUT2D eigenvalue weighted by molar-refractivity contribution is 7.89. The minimum Gasteiger partial charge on any atom is -0.496 e. The third-order valence-corrected chi connectivity index (χ3v) is 5.27. The fourth-order valence-electron chi connectivity index (χ4n) is 2.60. The highest BCUT2D eigenvalue weighted by atomic mass is 32.2. The van der Waals surface area contributed by atoms with E-state index in [0.29, 0.717) is 17.1 Å². The Bertz CT molecular complexity index is 1100. The minimum atomic E-state index is -3.79. The maximum absolute atomic E-state index is 12.6. The molecule has 0 atom stereocenters. The maximum Gasteiger partial charge on any atom is 0.290 e. The Morgan fingerprint density at radius 1 is 1.28 bits per heavy atom. The van der Waals surface area contributed by atoms with Gasteiger partial charge in [-0.2, -0.15) is 5.10 Å². The van der Waals surface area contributed by atoms with Crippen molar-refractivity contribution in [3.05, 3.63) is 58.3 Å². The van der Waals surface area contributed by atoms with Gasteiger partial charge in [-0.3, -0.25) is 9.20 Å². The molecule has 9 heteroatoms. The summed E-state index contributed by atoms with van der Waals surface area (Å²) in [5.41, 5.74) is 0.607. The van der Waals surface area contributed by atoms with Crippen molar-refractivity contribution in [2.75, 3.05) is 7.11 Å². The van der Waals surface area contributed by atoms with Crippen molar-refractivity contribution in [2.45, 2.75) is 18.4 Å². The lowest BCUT2D eigenvalue weighted by molar-refractivity contribution is 0.409. The zero-order valence-electron chi connectivity index (χ0n) is 14.1. The molecule has 8 nitrogen and oxygen atoms in total. The number of aryl methyl sites for hydroxylation is 2. The van der Waals surface area contributed by atoms with Crippen LogP contribution in [0, 0.1) is 6.92 Å². The van der Waals surface area contributed by atoms with Crippen LogP contribution in [0.15, 0.2) is 46.2 Å². The number of sulfonamides is 1. The molecule has 3 aromatic rings. The standard InChI is InChI=1S/C16H18N4O4S/c1-11-18-19(2)16(21)14-8-13(10-20(11)14)25(22,23)17-9-12-6-4-5-7-15(12)24-3/h4-8,10,17H,9H2,1-3H3. The normalized spacial score (nSPS) is 11.8. The second-order valence-electron chi connectivity index (χ2n) is 5.54. The van der Waals surface area contributed by atoms with Gasteiger partial charge in [0, 0.05) is 25.4 Å². The first-order chi connectivity index (χ1) is 11.8. The highest BCUT2D eigenvalue weighted by Gasteiger charge is 2.19. The average Bonchev–Trinajstić information content (AvgIpc) is 3.05. The molecule has 0 saturated carbocycles. The molecule has 2 heterocycles. The maximum atomic E-state index is 12.6. The van der Waals surface area contributed by atoms with Gasteiger partial charge in [0.05, 0.1) is 7.11 Å². The highest BCUT2D eigenvalue weighted by Crippen LogP contribution is 2.19. The average molecular weight is 362 g/mol. The molecule has 0 amide bonds. The van der Waals surface area contributed by atoms with E-state index in [1.807, 2.05) is 6.07 Å². The number of aromatic nitrogens is 3. The van der Waals surface area contributed by atoms with Gasteiger partial charge in [0.15, 0.2) is 0 Å². The predicted octanol–water partition coefficient (Wildman–Crippen LogP) is 0.829. The molecule has 0 fully saturated rings. The van der Waals surface area contributed by atoms with Crippen LogP contribution in [0.4, 0.5) is 0 Å². The van der Waals surface area contributed by atoms with Gasteiger partial charge in [-0.05, 0) is 19.1 Å². The van der Waals surface area contributed by atoms with E-state index in [4.69, 9.17) is 4.74 Å². The second kappa shape index (κ2) is 6.34. The van der Waals surface area contributed by atoms with Crippen molar-refractivity contribution in [3.63, 3.8) is 0 Å². The van der Waals surface area contributed by atoms with Crippen molar-refractivity contribution < 1.29 is 13.2 Å². The number of fused-ring (bicyclic) bond motifs is 1. The third kappa shape index (κ3) is 3.15. The summed E-state index contributed by atoms with van der Waals surface area (Å²) >= 11 is 0. The minimum absolute atomic E-state index is 0.00981. The fourth-order valence-corrected chi connectivity index (χ4v) is 3.62. The van der Waals surface area contributed by atoms with Gasteiger partial charge in [0.2, 0.25) is 10.0 Å².